The summed E-state index contributed by atoms with van der Waals surface area (Å²) in [4.78, 5) is -0.421. The van der Waals surface area contributed by atoms with E-state index in [2.05, 4.69) is 18.1 Å². The van der Waals surface area contributed by atoms with Crippen molar-refractivity contribution in [3.05, 3.63) is 82.9 Å². The van der Waals surface area contributed by atoms with E-state index in [0.717, 1.165) is 27.6 Å². The van der Waals surface area contributed by atoms with Gasteiger partial charge in [-0.05, 0) is 42.0 Å². The molecule has 2 aromatic rings. The van der Waals surface area contributed by atoms with Crippen molar-refractivity contribution in [2.45, 2.75) is 5.03 Å². The molecule has 0 fully saturated rings. The smallest absolute Gasteiger partial charge is 0.222 e. The maximum absolute atomic E-state index is 10.7. The van der Waals surface area contributed by atoms with Crippen molar-refractivity contribution in [2.24, 2.45) is 0 Å². The van der Waals surface area contributed by atoms with E-state index in [4.69, 9.17) is 4.74 Å². The summed E-state index contributed by atoms with van der Waals surface area (Å²) in [6, 6.07) is 11.6. The lowest BCUT2D eigenvalue weighted by Gasteiger charge is -2.13. The number of thiol groups is 1. The second kappa shape index (κ2) is 7.23. The summed E-state index contributed by atoms with van der Waals surface area (Å²) in [6.45, 7) is 0. The molecule has 6 nitrogen and oxygen atoms in total. The quantitative estimate of drug-likeness (QED) is 0.501. The highest BCUT2D eigenvalue weighted by Gasteiger charge is 2.09. The number of aromatic nitrogens is 1. The average Bonchev–Trinajstić information content (AvgIpc) is 3.01. The Hall–Kier alpha value is -3.06. The van der Waals surface area contributed by atoms with E-state index in [0.29, 0.717) is 0 Å². The van der Waals surface area contributed by atoms with Gasteiger partial charge in [-0.3, -0.25) is 0 Å². The fourth-order valence-electron chi connectivity index (χ4n) is 2.40. The zero-order valence-corrected chi connectivity index (χ0v) is 14.3. The Bertz CT molecular complexity index is 888. The average molecular weight is 354 g/mol. The molecule has 0 unspecified atom stereocenters. The summed E-state index contributed by atoms with van der Waals surface area (Å²) in [5, 5.41) is 22.2. The first kappa shape index (κ1) is 16.8. The molecule has 1 N–H and O–H groups in total. The highest BCUT2D eigenvalue weighted by molar-refractivity contribution is 7.80. The van der Waals surface area contributed by atoms with Crippen LogP contribution in [-0.4, -0.2) is 22.4 Å². The number of hydrogen-bond donors (Lipinski definition) is 2. The van der Waals surface area contributed by atoms with Crippen LogP contribution in [0.15, 0.2) is 77.5 Å². The third kappa shape index (κ3) is 3.72. The molecule has 7 heteroatoms. The van der Waals surface area contributed by atoms with Crippen LogP contribution in [0.5, 0.6) is 5.75 Å². The molecule has 0 bridgehead atoms. The number of nitrogens with zero attached hydrogens (tertiary/aromatic N) is 2. The monoisotopic (exact) mass is 354 g/mol. The zero-order chi connectivity index (χ0) is 17.8. The lowest BCUT2D eigenvalue weighted by atomic mass is 10.1. The van der Waals surface area contributed by atoms with Gasteiger partial charge in [0.1, 0.15) is 5.75 Å². The summed E-state index contributed by atoms with van der Waals surface area (Å²) in [7, 11) is 1.63. The highest BCUT2D eigenvalue weighted by atomic mass is 32.1. The first-order valence-electron chi connectivity index (χ1n) is 7.48. The highest BCUT2D eigenvalue weighted by Crippen LogP contribution is 2.26. The number of hydrogen-bond acceptors (Lipinski definition) is 5. The Labute approximate surface area is 150 Å². The summed E-state index contributed by atoms with van der Waals surface area (Å²) in [5.74, 6) is 0.769. The van der Waals surface area contributed by atoms with Crippen LogP contribution in [0.2, 0.25) is 0 Å². The maximum atomic E-state index is 10.7. The first-order chi connectivity index (χ1) is 12.1. The number of ether oxygens (including phenoxy) is 1. The van der Waals surface area contributed by atoms with Crippen molar-refractivity contribution in [3.63, 3.8) is 0 Å². The molecule has 1 aromatic heterocycles. The van der Waals surface area contributed by atoms with Crippen molar-refractivity contribution < 1.29 is 9.64 Å². The SMILES string of the molecule is COc1cccc(-c2ccc(S)n2NC=C2C=CC(=[N+]([O-])[O-])C=C2)c1. The Morgan fingerprint density at radius 1 is 1.12 bits per heavy atom. The van der Waals surface area contributed by atoms with Gasteiger partial charge < -0.3 is 20.6 Å². The van der Waals surface area contributed by atoms with Crippen molar-refractivity contribution in [3.8, 4) is 17.0 Å². The molecule has 0 aliphatic heterocycles. The van der Waals surface area contributed by atoms with Crippen LogP contribution in [0.3, 0.4) is 0 Å². The second-order valence-electron chi connectivity index (χ2n) is 5.27. The number of benzene rings is 1. The number of allylic oxidation sites excluding steroid dienone is 5. The molecule has 0 radical (unpaired) electrons. The van der Waals surface area contributed by atoms with E-state index in [-0.39, 0.29) is 5.71 Å². The van der Waals surface area contributed by atoms with Crippen LogP contribution in [0.1, 0.15) is 0 Å². The van der Waals surface area contributed by atoms with Gasteiger partial charge in [0.25, 0.3) is 0 Å². The van der Waals surface area contributed by atoms with Gasteiger partial charge in [0.2, 0.25) is 5.71 Å². The molecule has 0 atom stereocenters. The third-order valence-corrected chi connectivity index (χ3v) is 4.04. The molecule has 1 aromatic carbocycles. The van der Waals surface area contributed by atoms with E-state index in [9.17, 15) is 10.4 Å². The van der Waals surface area contributed by atoms with Crippen LogP contribution in [0, 0.1) is 10.4 Å². The topological polar surface area (TPSA) is 75.3 Å². The Kier molecular flexibility index (Phi) is 4.85. The van der Waals surface area contributed by atoms with Crippen molar-refractivity contribution in [1.29, 1.82) is 0 Å². The maximum Gasteiger partial charge on any atom is 0.222 e. The van der Waals surface area contributed by atoms with E-state index >= 15 is 0 Å². The van der Waals surface area contributed by atoms with E-state index in [1.807, 2.05) is 41.1 Å². The third-order valence-electron chi connectivity index (χ3n) is 3.69. The van der Waals surface area contributed by atoms with Crippen LogP contribution >= 0.6 is 12.6 Å². The Morgan fingerprint density at radius 3 is 2.56 bits per heavy atom. The lowest BCUT2D eigenvalue weighted by Crippen LogP contribution is -2.11. The fraction of sp³-hybridized carbons (Fsp3) is 0.0556. The molecule has 1 heterocycles. The van der Waals surface area contributed by atoms with Gasteiger partial charge in [-0.15, -0.1) is 12.6 Å². The predicted molar refractivity (Wildman–Crippen MR) is 101 cm³/mol. The molecule has 0 spiro atoms. The van der Waals surface area contributed by atoms with Gasteiger partial charge >= 0.3 is 0 Å². The molecular weight excluding hydrogens is 338 g/mol. The van der Waals surface area contributed by atoms with Crippen LogP contribution in [-0.2, 0) is 0 Å². The molecule has 0 saturated heterocycles. The minimum absolute atomic E-state index is 0.0602. The largest absolute Gasteiger partial charge is 0.612 e. The van der Waals surface area contributed by atoms with Gasteiger partial charge in [0.05, 0.1) is 17.8 Å². The van der Waals surface area contributed by atoms with E-state index in [1.165, 1.54) is 12.2 Å². The normalized spacial score (nSPS) is 13.0. The predicted octanol–water partition coefficient (Wildman–Crippen LogP) is 3.45. The van der Waals surface area contributed by atoms with Gasteiger partial charge in [-0.25, -0.2) is 4.68 Å². The fourth-order valence-corrected chi connectivity index (χ4v) is 2.64. The summed E-state index contributed by atoms with van der Waals surface area (Å²) < 4.78 is 7.09. The number of rotatable bonds is 4. The molecule has 0 saturated carbocycles. The minimum Gasteiger partial charge on any atom is -0.612 e. The van der Waals surface area contributed by atoms with Crippen LogP contribution < -0.4 is 10.2 Å². The Morgan fingerprint density at radius 2 is 1.88 bits per heavy atom. The molecule has 0 amide bonds. The van der Waals surface area contributed by atoms with E-state index < -0.39 is 4.90 Å². The summed E-state index contributed by atoms with van der Waals surface area (Å²) >= 11 is 4.47. The number of nitrogens with one attached hydrogen (secondary N) is 1. The van der Waals surface area contributed by atoms with Gasteiger partial charge in [0, 0.05) is 23.9 Å². The minimum atomic E-state index is -0.421. The molecule has 3 rings (SSSR count). The number of methoxy groups -OCH3 is 1. The van der Waals surface area contributed by atoms with Crippen LogP contribution in [0.25, 0.3) is 11.3 Å². The van der Waals surface area contributed by atoms with Crippen LogP contribution in [0.4, 0.5) is 0 Å². The van der Waals surface area contributed by atoms with Gasteiger partial charge in [-0.1, -0.05) is 12.1 Å². The lowest BCUT2D eigenvalue weighted by molar-refractivity contribution is -0.377. The molecule has 1 aliphatic rings. The summed E-state index contributed by atoms with van der Waals surface area (Å²) in [6.07, 6.45) is 8.05. The Balaban J connectivity index is 1.86. The van der Waals surface area contributed by atoms with Crippen molar-refractivity contribution in [1.82, 2.24) is 4.68 Å². The molecular formula is C18H16N3O3S-. The first-order valence-corrected chi connectivity index (χ1v) is 7.92. The van der Waals surface area contributed by atoms with E-state index in [1.54, 1.807) is 25.5 Å². The van der Waals surface area contributed by atoms with Crippen molar-refractivity contribution >= 4 is 18.3 Å². The zero-order valence-electron chi connectivity index (χ0n) is 13.4. The van der Waals surface area contributed by atoms with Gasteiger partial charge in [-0.2, -0.15) is 4.90 Å². The molecule has 25 heavy (non-hydrogen) atoms. The molecule has 128 valence electrons. The van der Waals surface area contributed by atoms with Crippen molar-refractivity contribution in [2.75, 3.05) is 12.5 Å². The second-order valence-corrected chi connectivity index (χ2v) is 5.72. The summed E-state index contributed by atoms with van der Waals surface area (Å²) in [5.41, 5.74) is 5.93. The standard InChI is InChI=1S/C18H16N3O3S/c1-24-16-4-2-3-14(11-16)17-9-10-18(25)20(17)19-12-13-5-7-15(8-6-13)21(22)23/h2-12,19H,1H3,(H-,22,23,25)/q-1. The molecule has 1 aliphatic carbocycles. The van der Waals surface area contributed by atoms with Gasteiger partial charge in [0.15, 0.2) is 0 Å².